The largest absolute Gasteiger partial charge is 0.348 e. The van der Waals surface area contributed by atoms with Gasteiger partial charge in [0.25, 0.3) is 0 Å². The summed E-state index contributed by atoms with van der Waals surface area (Å²) >= 11 is 0. The monoisotopic (exact) mass is 248 g/mol. The van der Waals surface area contributed by atoms with Crippen LogP contribution in [-0.4, -0.2) is 19.0 Å². The van der Waals surface area contributed by atoms with Gasteiger partial charge in [0, 0.05) is 12.8 Å². The highest BCUT2D eigenvalue weighted by Crippen LogP contribution is 2.37. The minimum Gasteiger partial charge on any atom is -0.348 e. The number of ether oxygens (including phenoxy) is 2. The molecule has 0 N–H and O–H groups in total. The molecule has 1 spiro atoms. The lowest BCUT2D eigenvalue weighted by Gasteiger charge is -2.32. The standard InChI is InChI=1S/C16H24O2/c1-3-14(4-2)6-5-7-15-8-10-16(11-9-15)17-12-13-18-16/h5,7H,3-4,8-13H2,1-2H3. The van der Waals surface area contributed by atoms with E-state index >= 15 is 0 Å². The summed E-state index contributed by atoms with van der Waals surface area (Å²) in [6.07, 6.45) is 10.7. The van der Waals surface area contributed by atoms with Crippen molar-refractivity contribution in [2.75, 3.05) is 13.2 Å². The van der Waals surface area contributed by atoms with Crippen LogP contribution in [0, 0.1) is 0 Å². The van der Waals surface area contributed by atoms with E-state index in [1.54, 1.807) is 0 Å². The second-order valence-corrected chi connectivity index (χ2v) is 5.05. The van der Waals surface area contributed by atoms with Gasteiger partial charge in [0.1, 0.15) is 0 Å². The van der Waals surface area contributed by atoms with Gasteiger partial charge in [0.15, 0.2) is 5.79 Å². The molecule has 0 bridgehead atoms. The zero-order valence-corrected chi connectivity index (χ0v) is 11.6. The molecule has 18 heavy (non-hydrogen) atoms. The van der Waals surface area contributed by atoms with E-state index in [1.165, 1.54) is 11.1 Å². The van der Waals surface area contributed by atoms with Crippen molar-refractivity contribution in [2.45, 2.75) is 58.2 Å². The Balaban J connectivity index is 1.91. The first kappa shape index (κ1) is 13.6. The third kappa shape index (κ3) is 3.35. The molecule has 0 amide bonds. The molecular formula is C16H24O2. The Morgan fingerprint density at radius 2 is 1.78 bits per heavy atom. The van der Waals surface area contributed by atoms with Gasteiger partial charge in [-0.2, -0.15) is 0 Å². The van der Waals surface area contributed by atoms with Gasteiger partial charge < -0.3 is 9.47 Å². The molecule has 0 aromatic carbocycles. The van der Waals surface area contributed by atoms with Crippen LogP contribution in [-0.2, 0) is 9.47 Å². The average molecular weight is 248 g/mol. The Morgan fingerprint density at radius 1 is 1.17 bits per heavy atom. The van der Waals surface area contributed by atoms with Crippen LogP contribution in [0.5, 0.6) is 0 Å². The highest BCUT2D eigenvalue weighted by molar-refractivity contribution is 5.17. The molecule has 100 valence electrons. The molecule has 0 aromatic heterocycles. The molecule has 2 rings (SSSR count). The molecule has 2 nitrogen and oxygen atoms in total. The Labute approximate surface area is 110 Å². The van der Waals surface area contributed by atoms with Gasteiger partial charge in [0.05, 0.1) is 13.2 Å². The highest BCUT2D eigenvalue weighted by Gasteiger charge is 2.38. The Morgan fingerprint density at radius 3 is 2.33 bits per heavy atom. The van der Waals surface area contributed by atoms with Crippen molar-refractivity contribution in [3.05, 3.63) is 29.0 Å². The summed E-state index contributed by atoms with van der Waals surface area (Å²) in [5.74, 6) is -0.241. The predicted octanol–water partition coefficient (Wildman–Crippen LogP) is 4.13. The molecular weight excluding hydrogens is 224 g/mol. The Kier molecular flexibility index (Phi) is 4.82. The second kappa shape index (κ2) is 6.38. The van der Waals surface area contributed by atoms with E-state index in [0.717, 1.165) is 51.7 Å². The van der Waals surface area contributed by atoms with E-state index in [-0.39, 0.29) is 5.79 Å². The first-order valence-corrected chi connectivity index (χ1v) is 7.18. The van der Waals surface area contributed by atoms with E-state index in [0.29, 0.717) is 0 Å². The molecule has 2 fully saturated rings. The summed E-state index contributed by atoms with van der Waals surface area (Å²) in [6.45, 7) is 5.90. The van der Waals surface area contributed by atoms with Gasteiger partial charge in [-0.05, 0) is 37.3 Å². The van der Waals surface area contributed by atoms with Crippen molar-refractivity contribution in [1.82, 2.24) is 0 Å². The fourth-order valence-corrected chi connectivity index (χ4v) is 2.64. The lowest BCUT2D eigenvalue weighted by atomic mass is 9.89. The molecule has 0 atom stereocenters. The predicted molar refractivity (Wildman–Crippen MR) is 73.4 cm³/mol. The van der Waals surface area contributed by atoms with Crippen LogP contribution in [0.15, 0.2) is 29.0 Å². The summed E-state index contributed by atoms with van der Waals surface area (Å²) in [7, 11) is 0. The molecule has 1 aliphatic heterocycles. The maximum Gasteiger partial charge on any atom is 0.169 e. The highest BCUT2D eigenvalue weighted by atomic mass is 16.7. The Hall–Kier alpha value is -0.820. The number of allylic oxidation sites excluding steroid dienone is 3. The second-order valence-electron chi connectivity index (χ2n) is 5.05. The first-order chi connectivity index (χ1) is 8.78. The normalized spacial score (nSPS) is 21.8. The lowest BCUT2D eigenvalue weighted by Crippen LogP contribution is -2.33. The third-order valence-corrected chi connectivity index (χ3v) is 3.93. The SMILES string of the molecule is CCC(=C=CC=C1CCC2(CC1)OCCO2)CC. The van der Waals surface area contributed by atoms with Gasteiger partial charge in [0.2, 0.25) is 0 Å². The van der Waals surface area contributed by atoms with Gasteiger partial charge >= 0.3 is 0 Å². The van der Waals surface area contributed by atoms with Gasteiger partial charge in [-0.3, -0.25) is 0 Å². The van der Waals surface area contributed by atoms with Crippen molar-refractivity contribution in [3.63, 3.8) is 0 Å². The minimum absolute atomic E-state index is 0.241. The maximum atomic E-state index is 5.73. The number of hydrogen-bond donors (Lipinski definition) is 0. The summed E-state index contributed by atoms with van der Waals surface area (Å²) in [5, 5.41) is 0. The first-order valence-electron chi connectivity index (χ1n) is 7.18. The molecule has 1 saturated heterocycles. The zero-order chi connectivity index (χ0) is 12.8. The van der Waals surface area contributed by atoms with Gasteiger partial charge in [-0.1, -0.05) is 25.5 Å². The molecule has 1 heterocycles. The molecule has 0 unspecified atom stereocenters. The molecule has 1 saturated carbocycles. The third-order valence-electron chi connectivity index (χ3n) is 3.93. The van der Waals surface area contributed by atoms with Crippen LogP contribution in [0.1, 0.15) is 52.4 Å². The average Bonchev–Trinajstić information content (AvgIpc) is 2.86. The van der Waals surface area contributed by atoms with Crippen LogP contribution in [0.2, 0.25) is 0 Å². The van der Waals surface area contributed by atoms with Gasteiger partial charge in [-0.25, -0.2) is 0 Å². The smallest absolute Gasteiger partial charge is 0.169 e. The van der Waals surface area contributed by atoms with Crippen LogP contribution in [0.4, 0.5) is 0 Å². The van der Waals surface area contributed by atoms with Crippen molar-refractivity contribution in [3.8, 4) is 0 Å². The van der Waals surface area contributed by atoms with Crippen LogP contribution < -0.4 is 0 Å². The van der Waals surface area contributed by atoms with Crippen molar-refractivity contribution < 1.29 is 9.47 Å². The van der Waals surface area contributed by atoms with Crippen LogP contribution in [0.3, 0.4) is 0 Å². The molecule has 1 aliphatic carbocycles. The summed E-state index contributed by atoms with van der Waals surface area (Å²) in [4.78, 5) is 0. The van der Waals surface area contributed by atoms with Crippen LogP contribution >= 0.6 is 0 Å². The lowest BCUT2D eigenvalue weighted by molar-refractivity contribution is -0.171. The summed E-state index contributed by atoms with van der Waals surface area (Å²) < 4.78 is 11.5. The van der Waals surface area contributed by atoms with E-state index in [2.05, 4.69) is 31.7 Å². The van der Waals surface area contributed by atoms with Crippen LogP contribution in [0.25, 0.3) is 0 Å². The minimum atomic E-state index is -0.241. The summed E-state index contributed by atoms with van der Waals surface area (Å²) in [6, 6.07) is 0. The quantitative estimate of drug-likeness (QED) is 0.699. The van der Waals surface area contributed by atoms with E-state index in [1.807, 2.05) is 0 Å². The number of hydrogen-bond acceptors (Lipinski definition) is 2. The molecule has 0 radical (unpaired) electrons. The molecule has 2 heteroatoms. The maximum absolute atomic E-state index is 5.73. The topological polar surface area (TPSA) is 18.5 Å². The Bertz CT molecular complexity index is 349. The summed E-state index contributed by atoms with van der Waals surface area (Å²) in [5.41, 5.74) is 6.27. The van der Waals surface area contributed by atoms with E-state index in [9.17, 15) is 0 Å². The molecule has 0 aromatic rings. The molecule has 2 aliphatic rings. The fraction of sp³-hybridized carbons (Fsp3) is 0.688. The van der Waals surface area contributed by atoms with Crippen molar-refractivity contribution in [1.29, 1.82) is 0 Å². The zero-order valence-electron chi connectivity index (χ0n) is 11.6. The van der Waals surface area contributed by atoms with Gasteiger partial charge in [-0.15, -0.1) is 5.73 Å². The van der Waals surface area contributed by atoms with E-state index < -0.39 is 0 Å². The van der Waals surface area contributed by atoms with Crippen molar-refractivity contribution >= 4 is 0 Å². The van der Waals surface area contributed by atoms with Crippen molar-refractivity contribution in [2.24, 2.45) is 0 Å². The van der Waals surface area contributed by atoms with E-state index in [4.69, 9.17) is 9.47 Å². The number of rotatable bonds is 3. The fourth-order valence-electron chi connectivity index (χ4n) is 2.64.